The molecule has 0 saturated heterocycles. The molecule has 108 valence electrons. The van der Waals surface area contributed by atoms with Crippen LogP contribution in [0.1, 0.15) is 12.5 Å². The summed E-state index contributed by atoms with van der Waals surface area (Å²) < 4.78 is 5.39. The molecule has 0 saturated carbocycles. The lowest BCUT2D eigenvalue weighted by atomic mass is 10.2. The minimum atomic E-state index is -0.369. The molecule has 2 rings (SSSR count). The zero-order chi connectivity index (χ0) is 15.1. The molecule has 0 aromatic heterocycles. The van der Waals surface area contributed by atoms with Gasteiger partial charge in [0.1, 0.15) is 6.10 Å². The zero-order valence-electron chi connectivity index (χ0n) is 12.3. The van der Waals surface area contributed by atoms with E-state index in [4.69, 9.17) is 4.74 Å². The normalized spacial score (nSPS) is 12.1. The molecule has 3 nitrogen and oxygen atoms in total. The Morgan fingerprint density at radius 1 is 1.05 bits per heavy atom. The Hall–Kier alpha value is -2.55. The van der Waals surface area contributed by atoms with Crippen LogP contribution in [0.5, 0.6) is 0 Å². The van der Waals surface area contributed by atoms with E-state index in [0.29, 0.717) is 0 Å². The van der Waals surface area contributed by atoms with Gasteiger partial charge in [-0.2, -0.15) is 0 Å². The highest BCUT2D eigenvalue weighted by molar-refractivity contribution is 5.87. The second-order valence-corrected chi connectivity index (χ2v) is 4.75. The van der Waals surface area contributed by atoms with Crippen LogP contribution in [0.4, 0.5) is 10.5 Å². The average Bonchev–Trinajstić information content (AvgIpc) is 2.54. The van der Waals surface area contributed by atoms with Crippen molar-refractivity contribution < 1.29 is 9.53 Å². The molecule has 1 unspecified atom stereocenters. The molecule has 21 heavy (non-hydrogen) atoms. The molecule has 2 aromatic carbocycles. The monoisotopic (exact) mass is 281 g/mol. The Labute approximate surface area is 125 Å². The summed E-state index contributed by atoms with van der Waals surface area (Å²) in [6.45, 7) is 1.84. The number of rotatable bonds is 4. The highest BCUT2D eigenvalue weighted by Crippen LogP contribution is 2.13. The van der Waals surface area contributed by atoms with Crippen molar-refractivity contribution in [3.8, 4) is 0 Å². The fourth-order valence-electron chi connectivity index (χ4n) is 1.85. The first kappa shape index (κ1) is 14.9. The number of carbonyl (C=O) groups excluding carboxylic acids is 1. The average molecular weight is 281 g/mol. The molecule has 0 aliphatic heterocycles. The summed E-state index contributed by atoms with van der Waals surface area (Å²) in [5.74, 6) is 0. The van der Waals surface area contributed by atoms with Crippen molar-refractivity contribution in [1.29, 1.82) is 0 Å². The van der Waals surface area contributed by atoms with Gasteiger partial charge in [0.25, 0.3) is 0 Å². The van der Waals surface area contributed by atoms with Crippen molar-refractivity contribution in [3.05, 3.63) is 72.3 Å². The molecule has 2 aromatic rings. The second-order valence-electron chi connectivity index (χ2n) is 4.75. The number of anilines is 1. The van der Waals surface area contributed by atoms with E-state index in [1.165, 1.54) is 4.90 Å². The first-order valence-corrected chi connectivity index (χ1v) is 6.89. The third kappa shape index (κ3) is 4.49. The lowest BCUT2D eigenvalue weighted by Gasteiger charge is -2.19. The van der Waals surface area contributed by atoms with Gasteiger partial charge in [0, 0.05) is 12.7 Å². The van der Waals surface area contributed by atoms with Crippen LogP contribution in [0, 0.1) is 0 Å². The van der Waals surface area contributed by atoms with Gasteiger partial charge < -0.3 is 4.74 Å². The van der Waals surface area contributed by atoms with Crippen molar-refractivity contribution in [2.75, 3.05) is 11.9 Å². The SMILES string of the molecule is CC(/C=C/c1ccccc1)OC(=O)N(C)c1ccccc1. The summed E-state index contributed by atoms with van der Waals surface area (Å²) in [4.78, 5) is 13.5. The van der Waals surface area contributed by atoms with Crippen molar-refractivity contribution >= 4 is 17.9 Å². The van der Waals surface area contributed by atoms with Crippen LogP contribution in [-0.4, -0.2) is 19.2 Å². The molecule has 3 heteroatoms. The van der Waals surface area contributed by atoms with E-state index in [1.807, 2.05) is 79.7 Å². The number of carbonyl (C=O) groups is 1. The molecule has 1 atom stereocenters. The summed E-state index contributed by atoms with van der Waals surface area (Å²) in [6, 6.07) is 19.3. The van der Waals surface area contributed by atoms with Crippen LogP contribution < -0.4 is 4.90 Å². The number of nitrogens with zero attached hydrogens (tertiary/aromatic N) is 1. The molecular formula is C18H19NO2. The molecule has 0 spiro atoms. The summed E-state index contributed by atoms with van der Waals surface area (Å²) in [7, 11) is 1.70. The fourth-order valence-corrected chi connectivity index (χ4v) is 1.85. The van der Waals surface area contributed by atoms with Gasteiger partial charge in [-0.05, 0) is 30.7 Å². The van der Waals surface area contributed by atoms with Crippen molar-refractivity contribution in [2.45, 2.75) is 13.0 Å². The molecule has 0 fully saturated rings. The quantitative estimate of drug-likeness (QED) is 0.833. The third-order valence-electron chi connectivity index (χ3n) is 3.06. The van der Waals surface area contributed by atoms with E-state index in [0.717, 1.165) is 11.3 Å². The minimum Gasteiger partial charge on any atom is -0.442 e. The standard InChI is InChI=1S/C18H19NO2/c1-15(13-14-16-9-5-3-6-10-16)21-18(20)19(2)17-11-7-4-8-12-17/h3-15H,1-2H3/b14-13+. The molecule has 0 N–H and O–H groups in total. The van der Waals surface area contributed by atoms with Gasteiger partial charge in [-0.1, -0.05) is 54.6 Å². The van der Waals surface area contributed by atoms with Gasteiger partial charge in [-0.15, -0.1) is 0 Å². The van der Waals surface area contributed by atoms with Crippen LogP contribution in [0.2, 0.25) is 0 Å². The van der Waals surface area contributed by atoms with E-state index in [9.17, 15) is 4.79 Å². The lowest BCUT2D eigenvalue weighted by molar-refractivity contribution is 0.136. The largest absolute Gasteiger partial charge is 0.442 e. The molecule has 0 radical (unpaired) electrons. The van der Waals surface area contributed by atoms with Gasteiger partial charge in [-0.25, -0.2) is 4.79 Å². The van der Waals surface area contributed by atoms with E-state index < -0.39 is 0 Å². The van der Waals surface area contributed by atoms with Crippen LogP contribution >= 0.6 is 0 Å². The van der Waals surface area contributed by atoms with Crippen molar-refractivity contribution in [1.82, 2.24) is 0 Å². The Morgan fingerprint density at radius 3 is 2.24 bits per heavy atom. The first-order valence-electron chi connectivity index (χ1n) is 6.89. The number of hydrogen-bond donors (Lipinski definition) is 0. The fraction of sp³-hybridized carbons (Fsp3) is 0.167. The van der Waals surface area contributed by atoms with Gasteiger partial charge in [0.05, 0.1) is 0 Å². The highest BCUT2D eigenvalue weighted by Gasteiger charge is 2.13. The predicted molar refractivity (Wildman–Crippen MR) is 86.3 cm³/mol. The molecule has 0 aliphatic rings. The first-order chi connectivity index (χ1) is 10.2. The topological polar surface area (TPSA) is 29.5 Å². The molecule has 0 bridgehead atoms. The van der Waals surface area contributed by atoms with Crippen LogP contribution in [0.25, 0.3) is 6.08 Å². The van der Waals surface area contributed by atoms with Gasteiger partial charge in [0.2, 0.25) is 0 Å². The van der Waals surface area contributed by atoms with Gasteiger partial charge >= 0.3 is 6.09 Å². The van der Waals surface area contributed by atoms with Gasteiger partial charge in [-0.3, -0.25) is 4.90 Å². The minimum absolute atomic E-state index is 0.288. The summed E-state index contributed by atoms with van der Waals surface area (Å²) in [5.41, 5.74) is 1.89. The summed E-state index contributed by atoms with van der Waals surface area (Å²) >= 11 is 0. The summed E-state index contributed by atoms with van der Waals surface area (Å²) in [5, 5.41) is 0. The van der Waals surface area contributed by atoms with E-state index in [-0.39, 0.29) is 12.2 Å². The van der Waals surface area contributed by atoms with Crippen molar-refractivity contribution in [2.24, 2.45) is 0 Å². The van der Waals surface area contributed by atoms with Crippen LogP contribution in [0.15, 0.2) is 66.7 Å². The Kier molecular flexibility index (Phi) is 5.16. The van der Waals surface area contributed by atoms with Crippen LogP contribution in [0.3, 0.4) is 0 Å². The zero-order valence-corrected chi connectivity index (χ0v) is 12.3. The maximum absolute atomic E-state index is 12.0. The smallest absolute Gasteiger partial charge is 0.414 e. The van der Waals surface area contributed by atoms with E-state index >= 15 is 0 Å². The van der Waals surface area contributed by atoms with E-state index in [2.05, 4.69) is 0 Å². The maximum Gasteiger partial charge on any atom is 0.414 e. The molecule has 1 amide bonds. The maximum atomic E-state index is 12.0. The predicted octanol–water partition coefficient (Wildman–Crippen LogP) is 4.36. The Bertz CT molecular complexity index is 593. The molecule has 0 heterocycles. The van der Waals surface area contributed by atoms with Gasteiger partial charge in [0.15, 0.2) is 0 Å². The Balaban J connectivity index is 1.92. The molecular weight excluding hydrogens is 262 g/mol. The number of benzene rings is 2. The van der Waals surface area contributed by atoms with E-state index in [1.54, 1.807) is 7.05 Å². The summed E-state index contributed by atoms with van der Waals surface area (Å²) in [6.07, 6.45) is 3.15. The van der Waals surface area contributed by atoms with Crippen LogP contribution in [-0.2, 0) is 4.74 Å². The third-order valence-corrected chi connectivity index (χ3v) is 3.06. The van der Waals surface area contributed by atoms with Crippen molar-refractivity contribution in [3.63, 3.8) is 0 Å². The Morgan fingerprint density at radius 2 is 1.62 bits per heavy atom. The lowest BCUT2D eigenvalue weighted by Crippen LogP contribution is -2.29. The number of para-hydroxylation sites is 1. The second kappa shape index (κ2) is 7.29. The number of amides is 1. The number of hydrogen-bond acceptors (Lipinski definition) is 2. The molecule has 0 aliphatic carbocycles. The highest BCUT2D eigenvalue weighted by atomic mass is 16.6. The number of ether oxygens (including phenoxy) is 1.